The fourth-order valence-corrected chi connectivity index (χ4v) is 5.01. The van der Waals surface area contributed by atoms with Crippen molar-refractivity contribution in [2.45, 2.75) is 12.0 Å². The fraction of sp³-hybridized carbons (Fsp3) is 0.120. The van der Waals surface area contributed by atoms with Crippen molar-refractivity contribution in [3.8, 4) is 5.75 Å². The van der Waals surface area contributed by atoms with Crippen LogP contribution in [0.2, 0.25) is 10.0 Å². The third-order valence-electron chi connectivity index (χ3n) is 6.01. The van der Waals surface area contributed by atoms with Crippen LogP contribution in [-0.4, -0.2) is 28.7 Å². The highest BCUT2D eigenvalue weighted by molar-refractivity contribution is 6.31. The van der Waals surface area contributed by atoms with Gasteiger partial charge in [-0.25, -0.2) is 4.79 Å². The van der Waals surface area contributed by atoms with Crippen molar-refractivity contribution in [1.82, 2.24) is 4.57 Å². The van der Waals surface area contributed by atoms with Gasteiger partial charge in [0.05, 0.1) is 12.6 Å². The van der Waals surface area contributed by atoms with E-state index in [1.165, 1.54) is 7.11 Å². The van der Waals surface area contributed by atoms with Crippen LogP contribution in [0.1, 0.15) is 21.6 Å². The van der Waals surface area contributed by atoms with Gasteiger partial charge in [0.2, 0.25) is 0 Å². The van der Waals surface area contributed by atoms with Crippen LogP contribution in [0.4, 0.5) is 5.69 Å². The number of anilines is 1. The molecule has 4 aromatic rings. The number of carbonyl (C=O) groups is 2. The first-order chi connectivity index (χ1) is 15.8. The van der Waals surface area contributed by atoms with Gasteiger partial charge in [-0.2, -0.15) is 0 Å². The summed E-state index contributed by atoms with van der Waals surface area (Å²) < 4.78 is 6.98. The number of aromatic carboxylic acids is 1. The molecule has 1 aliphatic rings. The number of aromatic nitrogens is 1. The molecule has 1 amide bonds. The lowest BCUT2D eigenvalue weighted by molar-refractivity contribution is -0.121. The van der Waals surface area contributed by atoms with Crippen LogP contribution in [0, 0.1) is 0 Å². The molecule has 6 nitrogen and oxygen atoms in total. The minimum atomic E-state index is -1.40. The van der Waals surface area contributed by atoms with E-state index in [1.807, 2.05) is 6.07 Å². The molecule has 0 spiro atoms. The summed E-state index contributed by atoms with van der Waals surface area (Å²) in [5.74, 6) is -0.958. The molecule has 0 bridgehead atoms. The fourth-order valence-electron chi connectivity index (χ4n) is 4.62. The van der Waals surface area contributed by atoms with Gasteiger partial charge in [0, 0.05) is 39.2 Å². The van der Waals surface area contributed by atoms with Crippen LogP contribution in [0.15, 0.2) is 66.7 Å². The number of carbonyl (C=O) groups excluding carboxylic acids is 1. The second-order valence-electron chi connectivity index (χ2n) is 7.91. The summed E-state index contributed by atoms with van der Waals surface area (Å²) in [6, 6.07) is 19.2. The number of carboxylic acids is 1. The third kappa shape index (κ3) is 3.34. The number of carboxylic acid groups (broad SMARTS) is 1. The van der Waals surface area contributed by atoms with Crippen molar-refractivity contribution in [1.29, 1.82) is 0 Å². The Balaban J connectivity index is 1.89. The summed E-state index contributed by atoms with van der Waals surface area (Å²) in [7, 11) is 1.54. The molecule has 0 saturated carbocycles. The Morgan fingerprint density at radius 2 is 1.85 bits per heavy atom. The number of nitrogens with zero attached hydrogens (tertiary/aromatic N) is 1. The number of amides is 1. The van der Waals surface area contributed by atoms with Crippen LogP contribution in [0.5, 0.6) is 5.75 Å². The van der Waals surface area contributed by atoms with Crippen molar-refractivity contribution in [3.63, 3.8) is 0 Å². The van der Waals surface area contributed by atoms with Crippen LogP contribution in [0.25, 0.3) is 10.9 Å². The van der Waals surface area contributed by atoms with Crippen molar-refractivity contribution in [2.24, 2.45) is 0 Å². The minimum absolute atomic E-state index is 0.0155. The average Bonchev–Trinajstić information content (AvgIpc) is 3.29. The average molecular weight is 481 g/mol. The molecule has 2 N–H and O–H groups in total. The maximum absolute atomic E-state index is 13.8. The summed E-state index contributed by atoms with van der Waals surface area (Å²) in [5, 5.41) is 14.7. The number of rotatable bonds is 5. The highest BCUT2D eigenvalue weighted by atomic mass is 35.5. The molecule has 0 saturated heterocycles. The van der Waals surface area contributed by atoms with Gasteiger partial charge in [-0.05, 0) is 48.0 Å². The zero-order valence-corrected chi connectivity index (χ0v) is 18.9. The Hall–Kier alpha value is -3.48. The van der Waals surface area contributed by atoms with E-state index in [2.05, 4.69) is 5.32 Å². The largest absolute Gasteiger partial charge is 0.497 e. The number of nitrogens with one attached hydrogen (secondary N) is 1. The zero-order chi connectivity index (χ0) is 23.3. The first kappa shape index (κ1) is 21.4. The van der Waals surface area contributed by atoms with Crippen molar-refractivity contribution >= 4 is 51.7 Å². The highest BCUT2D eigenvalue weighted by Crippen LogP contribution is 2.46. The lowest BCUT2D eigenvalue weighted by Gasteiger charge is -2.32. The van der Waals surface area contributed by atoms with Gasteiger partial charge in [0.25, 0.3) is 5.91 Å². The molecule has 0 aliphatic carbocycles. The van der Waals surface area contributed by atoms with E-state index in [9.17, 15) is 14.7 Å². The molecule has 1 unspecified atom stereocenters. The molecule has 1 aromatic heterocycles. The third-order valence-corrected chi connectivity index (χ3v) is 6.48. The lowest BCUT2D eigenvalue weighted by Crippen LogP contribution is -2.45. The smallest absolute Gasteiger partial charge is 0.352 e. The van der Waals surface area contributed by atoms with E-state index in [4.69, 9.17) is 27.9 Å². The van der Waals surface area contributed by atoms with E-state index in [0.29, 0.717) is 37.9 Å². The first-order valence-corrected chi connectivity index (χ1v) is 10.9. The van der Waals surface area contributed by atoms with Crippen LogP contribution in [0.3, 0.4) is 0 Å². The highest BCUT2D eigenvalue weighted by Gasteiger charge is 2.50. The zero-order valence-electron chi connectivity index (χ0n) is 17.4. The number of benzene rings is 3. The molecule has 1 atom stereocenters. The maximum atomic E-state index is 13.8. The molecule has 2 heterocycles. The molecule has 33 heavy (non-hydrogen) atoms. The van der Waals surface area contributed by atoms with Crippen molar-refractivity contribution in [2.75, 3.05) is 12.4 Å². The maximum Gasteiger partial charge on any atom is 0.352 e. The lowest BCUT2D eigenvalue weighted by atomic mass is 9.84. The Bertz CT molecular complexity index is 1450. The van der Waals surface area contributed by atoms with E-state index in [-0.39, 0.29) is 18.0 Å². The van der Waals surface area contributed by atoms with Crippen LogP contribution < -0.4 is 10.1 Å². The number of ether oxygens (including phenoxy) is 1. The van der Waals surface area contributed by atoms with Gasteiger partial charge < -0.3 is 19.7 Å². The van der Waals surface area contributed by atoms with Crippen molar-refractivity contribution in [3.05, 3.63) is 93.6 Å². The number of hydrogen-bond acceptors (Lipinski definition) is 3. The van der Waals surface area contributed by atoms with Crippen LogP contribution in [-0.2, 0) is 16.8 Å². The molecular formula is C25H18Cl2N2O4. The normalized spacial score (nSPS) is 17.1. The number of hydrogen-bond donors (Lipinski definition) is 2. The van der Waals surface area contributed by atoms with E-state index in [0.717, 1.165) is 5.56 Å². The summed E-state index contributed by atoms with van der Waals surface area (Å²) in [6.07, 6.45) is 0.176. The topological polar surface area (TPSA) is 80.6 Å². The molecule has 0 fully saturated rings. The van der Waals surface area contributed by atoms with Gasteiger partial charge in [0.15, 0.2) is 5.54 Å². The quantitative estimate of drug-likeness (QED) is 0.389. The monoisotopic (exact) mass is 480 g/mol. The van der Waals surface area contributed by atoms with Gasteiger partial charge in [-0.1, -0.05) is 41.4 Å². The molecule has 5 rings (SSSR count). The second-order valence-corrected chi connectivity index (χ2v) is 8.78. The van der Waals surface area contributed by atoms with Crippen molar-refractivity contribution < 1.29 is 19.4 Å². The standard InChI is InChI=1S/C25H18Cl2N2O4/c1-33-18-7-5-15-10-22(23(30)31)29(21(15)12-18)25(13-14-3-2-4-16(26)9-14)19-8-6-17(27)11-20(19)28-24(25)32/h2-12H,13H2,1H3,(H,28,32)(H,30,31). The predicted molar refractivity (Wildman–Crippen MR) is 128 cm³/mol. The summed E-state index contributed by atoms with van der Waals surface area (Å²) in [4.78, 5) is 26.2. The predicted octanol–water partition coefficient (Wildman–Crippen LogP) is 5.59. The Morgan fingerprint density at radius 1 is 1.06 bits per heavy atom. The Labute approximate surface area is 199 Å². The molecule has 1 aliphatic heterocycles. The summed E-state index contributed by atoms with van der Waals surface area (Å²) in [6.45, 7) is 0. The summed E-state index contributed by atoms with van der Waals surface area (Å²) >= 11 is 12.4. The van der Waals surface area contributed by atoms with Gasteiger partial charge in [-0.15, -0.1) is 0 Å². The molecule has 0 radical (unpaired) electrons. The van der Waals surface area contributed by atoms with E-state index >= 15 is 0 Å². The Kier molecular flexibility index (Phi) is 5.07. The van der Waals surface area contributed by atoms with E-state index in [1.54, 1.807) is 65.2 Å². The minimum Gasteiger partial charge on any atom is -0.497 e. The van der Waals surface area contributed by atoms with Crippen LogP contribution >= 0.6 is 23.2 Å². The van der Waals surface area contributed by atoms with Gasteiger partial charge in [-0.3, -0.25) is 4.79 Å². The molecule has 8 heteroatoms. The number of halogens is 2. The summed E-state index contributed by atoms with van der Waals surface area (Å²) in [5.41, 5.74) is 1.09. The first-order valence-electron chi connectivity index (χ1n) is 10.1. The Morgan fingerprint density at radius 3 is 2.58 bits per heavy atom. The molecule has 3 aromatic carbocycles. The van der Waals surface area contributed by atoms with Gasteiger partial charge >= 0.3 is 5.97 Å². The number of methoxy groups -OCH3 is 1. The van der Waals surface area contributed by atoms with E-state index < -0.39 is 11.5 Å². The molecular weight excluding hydrogens is 463 g/mol. The molecule has 166 valence electrons. The SMILES string of the molecule is COc1ccc2cc(C(=O)O)n(C3(Cc4cccc(Cl)c4)C(=O)Nc4cc(Cl)ccc43)c2c1. The number of fused-ring (bicyclic) bond motifs is 2. The second kappa shape index (κ2) is 7.83. The van der Waals surface area contributed by atoms with Gasteiger partial charge in [0.1, 0.15) is 11.4 Å².